The average molecular weight is 787 g/mol. The number of fused-ring (bicyclic) bond motifs is 4. The van der Waals surface area contributed by atoms with E-state index in [1.807, 2.05) is 24.3 Å². The molecular weight excluding hydrogens is 759 g/mol. The third-order valence-corrected chi connectivity index (χ3v) is 10.5. The fourth-order valence-electron chi connectivity index (χ4n) is 7.69. The van der Waals surface area contributed by atoms with Gasteiger partial charge in [0.15, 0.2) is 23.1 Å². The molecule has 10 nitrogen and oxygen atoms in total. The van der Waals surface area contributed by atoms with Gasteiger partial charge in [-0.1, -0.05) is 24.3 Å². The molecule has 0 N–H and O–H groups in total. The van der Waals surface area contributed by atoms with Gasteiger partial charge in [0.1, 0.15) is 11.5 Å². The van der Waals surface area contributed by atoms with Crippen molar-refractivity contribution in [3.8, 4) is 35.1 Å². The first-order valence-corrected chi connectivity index (χ1v) is 18.3. The second-order valence-electron chi connectivity index (χ2n) is 13.9. The normalized spacial score (nSPS) is 13.0. The third-order valence-electron chi connectivity index (χ3n) is 10.5. The molecule has 0 fully saturated rings. The smallest absolute Gasteiger partial charge is 0.343 e. The molecule has 0 saturated heterocycles. The van der Waals surface area contributed by atoms with Crippen LogP contribution in [-0.4, -0.2) is 23.9 Å². The number of rotatable bonds is 8. The van der Waals surface area contributed by atoms with Gasteiger partial charge in [-0.3, -0.25) is 0 Å². The van der Waals surface area contributed by atoms with E-state index in [0.717, 1.165) is 46.5 Å². The van der Waals surface area contributed by atoms with Crippen molar-refractivity contribution in [3.05, 3.63) is 189 Å². The number of nitriles is 2. The molecule has 0 saturated carbocycles. The summed E-state index contributed by atoms with van der Waals surface area (Å²) >= 11 is 0. The van der Waals surface area contributed by atoms with Gasteiger partial charge in [0.25, 0.3) is 0 Å². The van der Waals surface area contributed by atoms with Gasteiger partial charge < -0.3 is 18.9 Å². The first kappa shape index (κ1) is 37.9. The molecule has 0 radical (unpaired) electrons. The summed E-state index contributed by atoms with van der Waals surface area (Å²) in [6.45, 7) is 0. The highest BCUT2D eigenvalue weighted by Gasteiger charge is 2.49. The van der Waals surface area contributed by atoms with Gasteiger partial charge in [-0.05, 0) is 134 Å². The Morgan fingerprint density at radius 2 is 0.831 bits per heavy atom. The van der Waals surface area contributed by atoms with Crippen LogP contribution in [0.2, 0.25) is 0 Å². The molecule has 0 unspecified atom stereocenters. The Hall–Kier alpha value is -7.96. The molecule has 0 atom stereocenters. The van der Waals surface area contributed by atoms with Gasteiger partial charge in [0.05, 0.1) is 45.5 Å². The number of hydrogen-bond acceptors (Lipinski definition) is 10. The summed E-state index contributed by atoms with van der Waals surface area (Å²) in [5, 5.41) is 18.0. The van der Waals surface area contributed by atoms with E-state index in [0.29, 0.717) is 36.8 Å². The number of ether oxygens (including phenoxy) is 4. The predicted octanol–water partition coefficient (Wildman–Crippen LogP) is 8.76. The van der Waals surface area contributed by atoms with Crippen LogP contribution < -0.4 is 18.9 Å². The Morgan fingerprint density at radius 3 is 1.20 bits per heavy atom. The van der Waals surface area contributed by atoms with Crippen molar-refractivity contribution in [1.82, 2.24) is 0 Å². The number of esters is 4. The first-order valence-electron chi connectivity index (χ1n) is 18.3. The zero-order valence-corrected chi connectivity index (χ0v) is 30.8. The lowest BCUT2D eigenvalue weighted by molar-refractivity contribution is 0.0714. The van der Waals surface area contributed by atoms with E-state index in [1.165, 1.54) is 60.7 Å². The molecule has 0 aromatic heterocycles. The van der Waals surface area contributed by atoms with E-state index >= 15 is 8.78 Å². The Morgan fingerprint density at radius 1 is 0.475 bits per heavy atom. The van der Waals surface area contributed by atoms with Crippen LogP contribution in [0.25, 0.3) is 0 Å². The molecule has 2 aliphatic carbocycles. The Balaban J connectivity index is 1.01. The number of halogens is 2. The van der Waals surface area contributed by atoms with E-state index in [-0.39, 0.29) is 33.8 Å². The summed E-state index contributed by atoms with van der Waals surface area (Å²) in [6.07, 6.45) is 2.48. The van der Waals surface area contributed by atoms with Gasteiger partial charge in [-0.25, -0.2) is 28.0 Å². The molecule has 0 amide bonds. The first-order chi connectivity index (χ1) is 28.6. The van der Waals surface area contributed by atoms with Crippen LogP contribution in [0.15, 0.2) is 121 Å². The molecule has 6 aromatic carbocycles. The van der Waals surface area contributed by atoms with Crippen LogP contribution in [0, 0.1) is 34.3 Å². The Kier molecular flexibility index (Phi) is 9.98. The zero-order valence-electron chi connectivity index (χ0n) is 30.8. The topological polar surface area (TPSA) is 153 Å². The second kappa shape index (κ2) is 15.5. The number of hydrogen-bond donors (Lipinski definition) is 0. The minimum Gasteiger partial charge on any atom is -0.423 e. The molecule has 12 heteroatoms. The molecule has 1 spiro atoms. The summed E-state index contributed by atoms with van der Waals surface area (Å²) in [5.74, 6) is -5.62. The largest absolute Gasteiger partial charge is 0.423 e. The summed E-state index contributed by atoms with van der Waals surface area (Å²) in [6, 6.07) is 32.5. The molecule has 2 aliphatic rings. The molecule has 59 heavy (non-hydrogen) atoms. The van der Waals surface area contributed by atoms with Crippen molar-refractivity contribution >= 4 is 23.9 Å². The van der Waals surface area contributed by atoms with E-state index in [9.17, 15) is 19.2 Å². The summed E-state index contributed by atoms with van der Waals surface area (Å²) in [7, 11) is 0. The van der Waals surface area contributed by atoms with Crippen molar-refractivity contribution in [2.45, 2.75) is 31.1 Å². The van der Waals surface area contributed by atoms with Crippen LogP contribution in [0.5, 0.6) is 23.0 Å². The summed E-state index contributed by atoms with van der Waals surface area (Å²) < 4.78 is 52.7. The van der Waals surface area contributed by atoms with Gasteiger partial charge >= 0.3 is 23.9 Å². The van der Waals surface area contributed by atoms with Gasteiger partial charge in [-0.15, -0.1) is 0 Å². The number of carbonyl (C=O) groups is 4. The van der Waals surface area contributed by atoms with E-state index in [1.54, 1.807) is 24.3 Å². The van der Waals surface area contributed by atoms with Crippen LogP contribution in [0.3, 0.4) is 0 Å². The predicted molar refractivity (Wildman–Crippen MR) is 205 cm³/mol. The Labute approximate surface area is 335 Å². The molecule has 0 aliphatic heterocycles. The third kappa shape index (κ3) is 7.27. The van der Waals surface area contributed by atoms with Crippen LogP contribution in [-0.2, 0) is 18.3 Å². The Bertz CT molecular complexity index is 2610. The van der Waals surface area contributed by atoms with Crippen molar-refractivity contribution in [3.63, 3.8) is 0 Å². The monoisotopic (exact) mass is 786 g/mol. The maximum atomic E-state index is 15.2. The maximum Gasteiger partial charge on any atom is 0.343 e. The van der Waals surface area contributed by atoms with Crippen molar-refractivity contribution in [2.24, 2.45) is 0 Å². The van der Waals surface area contributed by atoms with Crippen molar-refractivity contribution in [2.75, 3.05) is 0 Å². The van der Waals surface area contributed by atoms with Crippen molar-refractivity contribution in [1.29, 1.82) is 10.5 Å². The van der Waals surface area contributed by atoms with Crippen LogP contribution in [0.1, 0.15) is 87.7 Å². The lowest BCUT2D eigenvalue weighted by Gasteiger charge is -2.29. The molecule has 0 bridgehead atoms. The van der Waals surface area contributed by atoms with E-state index in [4.69, 9.17) is 29.5 Å². The summed E-state index contributed by atoms with van der Waals surface area (Å²) in [4.78, 5) is 52.3. The van der Waals surface area contributed by atoms with Gasteiger partial charge in [-0.2, -0.15) is 10.5 Å². The number of aryl methyl sites for hydroxylation is 2. The molecular formula is C47H28F2N2O8. The van der Waals surface area contributed by atoms with E-state index in [2.05, 4.69) is 0 Å². The number of nitrogens with zero attached hydrogens (tertiary/aromatic N) is 2. The quantitative estimate of drug-likeness (QED) is 0.108. The number of benzene rings is 6. The standard InChI is InChI=1S/C47H28F2N2O8/c48-35-23-33(15-17-37(35)56-43(52)31-11-7-27(25-50)8-12-31)45(54)58-39-5-1-3-29-19-21-47(41(29)39)22-20-30-4-2-6-40(42(30)47)59-46(55)34-16-18-38(36(49)24-34)57-44(53)32-13-9-28(26-51)10-14-32/h1-18,23-24H,19-22H2. The number of carbonyl (C=O) groups excluding carboxylic acids is 4. The zero-order chi connectivity index (χ0) is 41.3. The summed E-state index contributed by atoms with van der Waals surface area (Å²) in [5.41, 5.74) is 3.24. The maximum absolute atomic E-state index is 15.2. The van der Waals surface area contributed by atoms with Gasteiger partial charge in [0, 0.05) is 16.5 Å². The SMILES string of the molecule is N#Cc1ccc(C(=O)Oc2ccc(C(=O)Oc3cccc4c3C3(CC4)CCc4cccc(OC(=O)c5ccc(OC(=O)c6ccc(C#N)cc6)c(F)c5)c43)cc2F)cc1. The van der Waals surface area contributed by atoms with Crippen LogP contribution in [0.4, 0.5) is 8.78 Å². The second-order valence-corrected chi connectivity index (χ2v) is 13.9. The van der Waals surface area contributed by atoms with E-state index < -0.39 is 52.4 Å². The molecule has 6 aromatic rings. The molecule has 0 heterocycles. The minimum atomic E-state index is -0.967. The van der Waals surface area contributed by atoms with Crippen LogP contribution >= 0.6 is 0 Å². The highest BCUT2D eigenvalue weighted by Crippen LogP contribution is 2.57. The molecule has 288 valence electrons. The fraction of sp³-hybridized carbons (Fsp3) is 0.106. The average Bonchev–Trinajstić information content (AvgIpc) is 3.83. The molecule has 8 rings (SSSR count). The lowest BCUT2D eigenvalue weighted by atomic mass is 9.76. The van der Waals surface area contributed by atoms with Gasteiger partial charge in [0.2, 0.25) is 0 Å². The lowest BCUT2D eigenvalue weighted by Crippen LogP contribution is -2.24. The highest BCUT2D eigenvalue weighted by atomic mass is 19.1. The highest BCUT2D eigenvalue weighted by molar-refractivity contribution is 5.94. The van der Waals surface area contributed by atoms with Crippen molar-refractivity contribution < 1.29 is 46.9 Å². The minimum absolute atomic E-state index is 0.107. The fourth-order valence-corrected chi connectivity index (χ4v) is 7.69.